The van der Waals surface area contributed by atoms with Gasteiger partial charge < -0.3 is 10.4 Å². The number of rotatable bonds is 6. The first-order valence-electron chi connectivity index (χ1n) is 8.78. The van der Waals surface area contributed by atoms with Crippen LogP contribution in [0.15, 0.2) is 54.7 Å². The Labute approximate surface area is 153 Å². The molecule has 0 fully saturated rings. The highest BCUT2D eigenvalue weighted by molar-refractivity contribution is 5.99. The number of amides is 1. The molecule has 0 radical (unpaired) electrons. The van der Waals surface area contributed by atoms with Crippen molar-refractivity contribution in [2.75, 3.05) is 13.2 Å². The molecule has 5 heteroatoms. The topological polar surface area (TPSA) is 67.2 Å². The second-order valence-electron chi connectivity index (χ2n) is 6.15. The van der Waals surface area contributed by atoms with E-state index in [-0.39, 0.29) is 19.1 Å². The van der Waals surface area contributed by atoms with Crippen LogP contribution in [0.5, 0.6) is 0 Å². The minimum absolute atomic E-state index is 0.0990. The van der Waals surface area contributed by atoms with Crippen molar-refractivity contribution in [2.24, 2.45) is 0 Å². The third kappa shape index (κ3) is 3.68. The van der Waals surface area contributed by atoms with Crippen LogP contribution >= 0.6 is 0 Å². The smallest absolute Gasteiger partial charge is 0.255 e. The van der Waals surface area contributed by atoms with Gasteiger partial charge in [-0.3, -0.25) is 4.79 Å². The van der Waals surface area contributed by atoms with Crippen molar-refractivity contribution in [1.82, 2.24) is 15.1 Å². The molecule has 134 valence electrons. The Balaban J connectivity index is 2.08. The Kier molecular flexibility index (Phi) is 5.49. The molecule has 0 spiro atoms. The fourth-order valence-corrected chi connectivity index (χ4v) is 2.86. The zero-order valence-corrected chi connectivity index (χ0v) is 15.1. The summed E-state index contributed by atoms with van der Waals surface area (Å²) in [6.07, 6.45) is 2.71. The Morgan fingerprint density at radius 2 is 1.88 bits per heavy atom. The number of hydrogen-bond acceptors (Lipinski definition) is 3. The van der Waals surface area contributed by atoms with Gasteiger partial charge in [0.05, 0.1) is 17.9 Å². The van der Waals surface area contributed by atoms with E-state index < -0.39 is 0 Å². The average Bonchev–Trinajstić information content (AvgIpc) is 3.11. The minimum atomic E-state index is -0.242. The van der Waals surface area contributed by atoms with E-state index >= 15 is 0 Å². The van der Waals surface area contributed by atoms with Crippen LogP contribution in [-0.4, -0.2) is 33.9 Å². The molecule has 3 rings (SSSR count). The van der Waals surface area contributed by atoms with Crippen LogP contribution in [-0.2, 0) is 6.42 Å². The van der Waals surface area contributed by atoms with Gasteiger partial charge in [0.15, 0.2) is 0 Å². The number of hydrogen-bond donors (Lipinski definition) is 2. The lowest BCUT2D eigenvalue weighted by molar-refractivity contribution is 0.0945. The lowest BCUT2D eigenvalue weighted by atomic mass is 10.0. The van der Waals surface area contributed by atoms with Gasteiger partial charge in [-0.05, 0) is 30.5 Å². The summed E-state index contributed by atoms with van der Waals surface area (Å²) in [4.78, 5) is 12.6. The van der Waals surface area contributed by atoms with E-state index in [1.54, 1.807) is 10.9 Å². The number of nitrogens with one attached hydrogen (secondary N) is 1. The number of aryl methyl sites for hydroxylation is 2. The van der Waals surface area contributed by atoms with Gasteiger partial charge in [0.2, 0.25) is 0 Å². The highest BCUT2D eigenvalue weighted by atomic mass is 16.3. The summed E-state index contributed by atoms with van der Waals surface area (Å²) in [7, 11) is 0. The quantitative estimate of drug-likeness (QED) is 0.718. The van der Waals surface area contributed by atoms with Gasteiger partial charge in [-0.2, -0.15) is 5.10 Å². The number of aliphatic hydroxyl groups excluding tert-OH is 1. The minimum Gasteiger partial charge on any atom is -0.395 e. The molecule has 0 atom stereocenters. The number of carbonyl (C=O) groups is 1. The molecule has 1 heterocycles. The number of benzene rings is 2. The molecule has 0 unspecified atom stereocenters. The van der Waals surface area contributed by atoms with Crippen molar-refractivity contribution >= 4 is 5.91 Å². The van der Waals surface area contributed by atoms with Crippen molar-refractivity contribution in [3.8, 4) is 16.9 Å². The van der Waals surface area contributed by atoms with Gasteiger partial charge >= 0.3 is 0 Å². The molecule has 0 aliphatic rings. The van der Waals surface area contributed by atoms with Crippen LogP contribution in [0.1, 0.15) is 28.4 Å². The van der Waals surface area contributed by atoms with Gasteiger partial charge in [0, 0.05) is 18.3 Å². The lowest BCUT2D eigenvalue weighted by Gasteiger charge is -2.05. The highest BCUT2D eigenvalue weighted by Gasteiger charge is 2.19. The van der Waals surface area contributed by atoms with Crippen LogP contribution in [0, 0.1) is 6.92 Å². The lowest BCUT2D eigenvalue weighted by Crippen LogP contribution is -2.26. The van der Waals surface area contributed by atoms with Gasteiger partial charge in [0.1, 0.15) is 5.69 Å². The first-order valence-corrected chi connectivity index (χ1v) is 8.78. The largest absolute Gasteiger partial charge is 0.395 e. The van der Waals surface area contributed by atoms with Gasteiger partial charge in [-0.1, -0.05) is 49.4 Å². The van der Waals surface area contributed by atoms with Crippen molar-refractivity contribution in [3.05, 3.63) is 71.4 Å². The molecule has 5 nitrogen and oxygen atoms in total. The molecule has 26 heavy (non-hydrogen) atoms. The molecule has 0 saturated heterocycles. The fraction of sp³-hybridized carbons (Fsp3) is 0.238. The monoisotopic (exact) mass is 349 g/mol. The van der Waals surface area contributed by atoms with E-state index in [1.807, 2.05) is 43.3 Å². The molecular weight excluding hydrogens is 326 g/mol. The number of para-hydroxylation sites is 1. The third-order valence-electron chi connectivity index (χ3n) is 4.35. The SMILES string of the molecule is CCc1ccc(-c2nn(-c3ccccc3C)cc2C(=O)NCCO)cc1. The van der Waals surface area contributed by atoms with Crippen molar-refractivity contribution in [3.63, 3.8) is 0 Å². The first-order chi connectivity index (χ1) is 12.6. The molecule has 0 saturated carbocycles. The molecular formula is C21H23N3O2. The van der Waals surface area contributed by atoms with Gasteiger partial charge in [0.25, 0.3) is 5.91 Å². The predicted molar refractivity (Wildman–Crippen MR) is 103 cm³/mol. The molecule has 0 bridgehead atoms. The number of carbonyl (C=O) groups excluding carboxylic acids is 1. The first kappa shape index (κ1) is 17.9. The summed E-state index contributed by atoms with van der Waals surface area (Å²) in [5.41, 5.74) is 5.25. The number of aromatic nitrogens is 2. The maximum absolute atomic E-state index is 12.6. The fourth-order valence-electron chi connectivity index (χ4n) is 2.86. The molecule has 1 aromatic heterocycles. The number of aliphatic hydroxyl groups is 1. The van der Waals surface area contributed by atoms with Crippen LogP contribution in [0.2, 0.25) is 0 Å². The average molecular weight is 349 g/mol. The summed E-state index contributed by atoms with van der Waals surface area (Å²) in [6.45, 7) is 4.23. The van der Waals surface area contributed by atoms with Crippen molar-refractivity contribution in [1.29, 1.82) is 0 Å². The zero-order chi connectivity index (χ0) is 18.5. The predicted octanol–water partition coefficient (Wildman–Crippen LogP) is 3.13. The molecule has 0 aliphatic carbocycles. The highest BCUT2D eigenvalue weighted by Crippen LogP contribution is 2.25. The maximum Gasteiger partial charge on any atom is 0.255 e. The van der Waals surface area contributed by atoms with Gasteiger partial charge in [-0.25, -0.2) is 4.68 Å². The molecule has 3 aromatic rings. The zero-order valence-electron chi connectivity index (χ0n) is 15.1. The third-order valence-corrected chi connectivity index (χ3v) is 4.35. The normalized spacial score (nSPS) is 10.7. The second-order valence-corrected chi connectivity index (χ2v) is 6.15. The van der Waals surface area contributed by atoms with Crippen LogP contribution < -0.4 is 5.32 Å². The molecule has 1 amide bonds. The Bertz CT molecular complexity index is 898. The van der Waals surface area contributed by atoms with E-state index in [0.29, 0.717) is 11.3 Å². The van der Waals surface area contributed by atoms with E-state index in [9.17, 15) is 4.79 Å². The summed E-state index contributed by atoms with van der Waals surface area (Å²) in [5, 5.41) is 16.4. The second kappa shape index (κ2) is 7.97. The van der Waals surface area contributed by atoms with Crippen molar-refractivity contribution in [2.45, 2.75) is 20.3 Å². The number of nitrogens with zero attached hydrogens (tertiary/aromatic N) is 2. The Morgan fingerprint density at radius 1 is 1.15 bits per heavy atom. The van der Waals surface area contributed by atoms with E-state index in [1.165, 1.54) is 5.56 Å². The van der Waals surface area contributed by atoms with Crippen LogP contribution in [0.4, 0.5) is 0 Å². The standard InChI is InChI=1S/C21H23N3O2/c1-3-16-8-10-17(11-9-16)20-18(21(26)22-12-13-25)14-24(23-20)19-7-5-4-6-15(19)2/h4-11,14,25H,3,12-13H2,1-2H3,(H,22,26). The summed E-state index contributed by atoms with van der Waals surface area (Å²) < 4.78 is 1.74. The summed E-state index contributed by atoms with van der Waals surface area (Å²) in [5.74, 6) is -0.242. The Morgan fingerprint density at radius 3 is 2.54 bits per heavy atom. The Hall–Kier alpha value is -2.92. The van der Waals surface area contributed by atoms with Crippen LogP contribution in [0.3, 0.4) is 0 Å². The summed E-state index contributed by atoms with van der Waals surface area (Å²) >= 11 is 0. The summed E-state index contributed by atoms with van der Waals surface area (Å²) in [6, 6.07) is 16.0. The molecule has 2 N–H and O–H groups in total. The maximum atomic E-state index is 12.6. The van der Waals surface area contributed by atoms with E-state index in [4.69, 9.17) is 5.11 Å². The van der Waals surface area contributed by atoms with Gasteiger partial charge in [-0.15, -0.1) is 0 Å². The van der Waals surface area contributed by atoms with Crippen LogP contribution in [0.25, 0.3) is 16.9 Å². The van der Waals surface area contributed by atoms with Crippen molar-refractivity contribution < 1.29 is 9.90 Å². The van der Waals surface area contributed by atoms with E-state index in [2.05, 4.69) is 29.5 Å². The van der Waals surface area contributed by atoms with E-state index in [0.717, 1.165) is 23.2 Å². The molecule has 0 aliphatic heterocycles. The molecule has 2 aromatic carbocycles.